The van der Waals surface area contributed by atoms with Crippen LogP contribution in [-0.2, 0) is 0 Å². The summed E-state index contributed by atoms with van der Waals surface area (Å²) in [5, 5.41) is 1.67. The van der Waals surface area contributed by atoms with Gasteiger partial charge in [-0.15, -0.1) is 0 Å². The smallest absolute Gasteiger partial charge is 1.00 e. The zero-order chi connectivity index (χ0) is 5.82. The van der Waals surface area contributed by atoms with Gasteiger partial charge in [-0.2, -0.15) is 0 Å². The molecule has 0 bridgehead atoms. The maximum absolute atomic E-state index is 4.69. The van der Waals surface area contributed by atoms with Crippen LogP contribution in [0.1, 0.15) is 5.56 Å². The predicted octanol–water partition coefficient (Wildman–Crippen LogP) is -4.34. The summed E-state index contributed by atoms with van der Waals surface area (Å²) in [5.74, 6) is 0. The molecule has 0 unspecified atom stereocenters. The van der Waals surface area contributed by atoms with Crippen molar-refractivity contribution in [2.45, 2.75) is 0 Å². The molecule has 0 spiro atoms. The molecule has 0 aliphatic rings. The van der Waals surface area contributed by atoms with E-state index in [1.807, 2.05) is 30.3 Å². The van der Waals surface area contributed by atoms with Gasteiger partial charge in [0.1, 0.15) is 0 Å². The van der Waals surface area contributed by atoms with Crippen LogP contribution in [0.5, 0.6) is 0 Å². The van der Waals surface area contributed by atoms with Crippen molar-refractivity contribution in [3.05, 3.63) is 35.9 Å². The minimum Gasteiger partial charge on any atom is -1.00 e. The Morgan fingerprint density at radius 2 is 1.45 bits per heavy atom. The van der Waals surface area contributed by atoms with E-state index in [1.165, 1.54) is 0 Å². The van der Waals surface area contributed by atoms with Crippen LogP contribution >= 0.6 is 12.2 Å². The molecular formula is C7H6Br2MgS. The monoisotopic (exact) mass is 304 g/mol. The molecule has 56 valence electrons. The fraction of sp³-hybridized carbons (Fsp3) is 0. The van der Waals surface area contributed by atoms with Crippen LogP contribution in [-0.4, -0.2) is 28.4 Å². The van der Waals surface area contributed by atoms with Crippen molar-refractivity contribution in [2.75, 3.05) is 0 Å². The maximum atomic E-state index is 4.69. The van der Waals surface area contributed by atoms with Gasteiger partial charge in [0.05, 0.1) is 0 Å². The van der Waals surface area contributed by atoms with E-state index in [-0.39, 0.29) is 57.0 Å². The molecule has 0 amide bonds. The Hall–Kier alpha value is 1.04. The number of benzene rings is 1. The second-order valence-electron chi connectivity index (χ2n) is 1.53. The largest absolute Gasteiger partial charge is 2.00 e. The number of hydrogen-bond donors (Lipinski definition) is 0. The average Bonchev–Trinajstić information content (AvgIpc) is 1.90. The third-order valence-corrected chi connectivity index (χ3v) is 1.21. The fourth-order valence-corrected chi connectivity index (χ4v) is 0.689. The molecule has 11 heavy (non-hydrogen) atoms. The minimum absolute atomic E-state index is 0. The molecule has 1 aromatic carbocycles. The van der Waals surface area contributed by atoms with Gasteiger partial charge >= 0.3 is 23.1 Å². The van der Waals surface area contributed by atoms with Gasteiger partial charge in [-0.05, 0) is 5.56 Å². The van der Waals surface area contributed by atoms with Crippen LogP contribution in [0.4, 0.5) is 0 Å². The van der Waals surface area contributed by atoms with Gasteiger partial charge in [-0.1, -0.05) is 42.5 Å². The standard InChI is InChI=1S/C7H6S.2BrH.Mg/c8-6-7-4-2-1-3-5-7;;;/h1-6H;2*1H;/q;;;+2/p-2. The van der Waals surface area contributed by atoms with Crippen molar-refractivity contribution in [1.29, 1.82) is 0 Å². The Morgan fingerprint density at radius 1 is 1.00 bits per heavy atom. The summed E-state index contributed by atoms with van der Waals surface area (Å²) < 4.78 is 0. The Balaban J connectivity index is -0.000000213. The third kappa shape index (κ3) is 7.40. The van der Waals surface area contributed by atoms with Gasteiger partial charge in [0.2, 0.25) is 0 Å². The zero-order valence-corrected chi connectivity index (χ0v) is 11.2. The number of rotatable bonds is 1. The summed E-state index contributed by atoms with van der Waals surface area (Å²) in [5.41, 5.74) is 1.10. The summed E-state index contributed by atoms with van der Waals surface area (Å²) >= 11 is 4.69. The molecule has 0 aliphatic carbocycles. The summed E-state index contributed by atoms with van der Waals surface area (Å²) in [7, 11) is 0. The molecule has 0 radical (unpaired) electrons. The van der Waals surface area contributed by atoms with Crippen molar-refractivity contribution < 1.29 is 34.0 Å². The third-order valence-electron chi connectivity index (χ3n) is 0.936. The van der Waals surface area contributed by atoms with Gasteiger partial charge < -0.3 is 34.0 Å². The SMILES string of the molecule is S=Cc1ccccc1.[Br-].[Br-].[Mg+2]. The van der Waals surface area contributed by atoms with Gasteiger partial charge in [-0.25, -0.2) is 0 Å². The second kappa shape index (κ2) is 11.0. The van der Waals surface area contributed by atoms with E-state index in [1.54, 1.807) is 5.37 Å². The molecule has 0 saturated carbocycles. The van der Waals surface area contributed by atoms with Gasteiger partial charge in [0, 0.05) is 5.37 Å². The maximum Gasteiger partial charge on any atom is 2.00 e. The van der Waals surface area contributed by atoms with Gasteiger partial charge in [-0.3, -0.25) is 0 Å². The fourth-order valence-electron chi connectivity index (χ4n) is 0.532. The van der Waals surface area contributed by atoms with Crippen molar-refractivity contribution in [3.63, 3.8) is 0 Å². The Morgan fingerprint density at radius 3 is 1.73 bits per heavy atom. The average molecular weight is 306 g/mol. The molecular weight excluding hydrogens is 300 g/mol. The van der Waals surface area contributed by atoms with E-state index in [4.69, 9.17) is 12.2 Å². The summed E-state index contributed by atoms with van der Waals surface area (Å²) in [6.45, 7) is 0. The van der Waals surface area contributed by atoms with Crippen molar-refractivity contribution in [3.8, 4) is 0 Å². The van der Waals surface area contributed by atoms with E-state index >= 15 is 0 Å². The van der Waals surface area contributed by atoms with Gasteiger partial charge in [0.25, 0.3) is 0 Å². The molecule has 0 aromatic heterocycles. The number of halogens is 2. The van der Waals surface area contributed by atoms with E-state index in [2.05, 4.69) is 0 Å². The quantitative estimate of drug-likeness (QED) is 0.373. The molecule has 0 saturated heterocycles. The van der Waals surface area contributed by atoms with Crippen LogP contribution < -0.4 is 34.0 Å². The molecule has 0 heterocycles. The van der Waals surface area contributed by atoms with E-state index in [9.17, 15) is 0 Å². The Kier molecular flexibility index (Phi) is 18.0. The molecule has 0 fully saturated rings. The first-order valence-corrected chi connectivity index (χ1v) is 2.91. The van der Waals surface area contributed by atoms with Crippen LogP contribution in [0.15, 0.2) is 30.3 Å². The van der Waals surface area contributed by atoms with Crippen LogP contribution in [0.2, 0.25) is 0 Å². The van der Waals surface area contributed by atoms with Crippen molar-refractivity contribution in [2.24, 2.45) is 0 Å². The predicted molar refractivity (Wildman–Crippen MR) is 45.0 cm³/mol. The van der Waals surface area contributed by atoms with E-state index in [0.29, 0.717) is 0 Å². The second-order valence-corrected chi connectivity index (χ2v) is 1.76. The molecule has 0 N–H and O–H groups in total. The first-order chi connectivity index (χ1) is 3.93. The molecule has 0 nitrogen and oxygen atoms in total. The van der Waals surface area contributed by atoms with Gasteiger partial charge in [0.15, 0.2) is 0 Å². The summed E-state index contributed by atoms with van der Waals surface area (Å²) in [4.78, 5) is 0. The minimum atomic E-state index is 0. The van der Waals surface area contributed by atoms with Crippen LogP contribution in [0.25, 0.3) is 0 Å². The molecule has 0 atom stereocenters. The Bertz CT molecular complexity index is 179. The zero-order valence-electron chi connectivity index (χ0n) is 5.84. The normalized spacial score (nSPS) is 6.18. The molecule has 1 rings (SSSR count). The van der Waals surface area contributed by atoms with Crippen molar-refractivity contribution >= 4 is 40.6 Å². The Labute approximate surface area is 109 Å². The first kappa shape index (κ1) is 18.0. The molecule has 1 aromatic rings. The van der Waals surface area contributed by atoms with E-state index in [0.717, 1.165) is 5.56 Å². The number of hydrogen-bond acceptors (Lipinski definition) is 1. The first-order valence-electron chi connectivity index (χ1n) is 2.44. The summed E-state index contributed by atoms with van der Waals surface area (Å²) in [6, 6.07) is 9.87. The van der Waals surface area contributed by atoms with Crippen molar-refractivity contribution in [1.82, 2.24) is 0 Å². The molecule has 0 aliphatic heterocycles. The van der Waals surface area contributed by atoms with Crippen LogP contribution in [0.3, 0.4) is 0 Å². The summed E-state index contributed by atoms with van der Waals surface area (Å²) in [6.07, 6.45) is 0. The topological polar surface area (TPSA) is 0 Å². The molecule has 4 heteroatoms. The van der Waals surface area contributed by atoms with Crippen LogP contribution in [0, 0.1) is 0 Å². The van der Waals surface area contributed by atoms with E-state index < -0.39 is 0 Å². The number of thiocarbonyl (C=S) groups is 1.